The Morgan fingerprint density at radius 2 is 1.60 bits per heavy atom. The molecule has 0 unspecified atom stereocenters. The van der Waals surface area contributed by atoms with Gasteiger partial charge in [-0.15, -0.1) is 0 Å². The van der Waals surface area contributed by atoms with Crippen LogP contribution in [0.1, 0.15) is 50.5 Å². The fraction of sp³-hybridized carbons (Fsp3) is 0.647. The van der Waals surface area contributed by atoms with Crippen LogP contribution in [0.2, 0.25) is 0 Å². The molecule has 4 rings (SSSR count). The Morgan fingerprint density at radius 1 is 0.900 bits per heavy atom. The second kappa shape index (κ2) is 4.39. The summed E-state index contributed by atoms with van der Waals surface area (Å²) in [6.45, 7) is 1.28. The van der Waals surface area contributed by atoms with E-state index in [1.807, 2.05) is 6.07 Å². The largest absolute Gasteiger partial charge is 0.486 e. The van der Waals surface area contributed by atoms with Crippen molar-refractivity contribution in [2.75, 3.05) is 13.2 Å². The summed E-state index contributed by atoms with van der Waals surface area (Å²) in [4.78, 5) is 0. The first-order valence-corrected chi connectivity index (χ1v) is 7.88. The van der Waals surface area contributed by atoms with Crippen molar-refractivity contribution in [2.45, 2.75) is 50.5 Å². The topological polar surface area (TPSA) is 44.5 Å². The van der Waals surface area contributed by atoms with Gasteiger partial charge in [-0.3, -0.25) is 0 Å². The number of hydrogen-bond acceptors (Lipinski definition) is 3. The van der Waals surface area contributed by atoms with E-state index in [0.717, 1.165) is 24.3 Å². The molecule has 20 heavy (non-hydrogen) atoms. The van der Waals surface area contributed by atoms with E-state index in [9.17, 15) is 0 Å². The predicted molar refractivity (Wildman–Crippen MR) is 78.0 cm³/mol. The van der Waals surface area contributed by atoms with Gasteiger partial charge in [0.05, 0.1) is 0 Å². The Labute approximate surface area is 120 Å². The maximum Gasteiger partial charge on any atom is 0.161 e. The zero-order valence-corrected chi connectivity index (χ0v) is 12.0. The molecular weight excluding hydrogens is 250 g/mol. The van der Waals surface area contributed by atoms with Crippen LogP contribution in [0.5, 0.6) is 11.5 Å². The number of fused-ring (bicyclic) bond motifs is 1. The highest BCUT2D eigenvalue weighted by molar-refractivity contribution is 5.46. The normalized spacial score (nSPS) is 26.1. The molecule has 0 atom stereocenters. The maximum atomic E-state index is 6.67. The molecule has 1 aromatic carbocycles. The highest BCUT2D eigenvalue weighted by Crippen LogP contribution is 2.59. The van der Waals surface area contributed by atoms with E-state index in [1.54, 1.807) is 0 Å². The lowest BCUT2D eigenvalue weighted by Gasteiger charge is -2.57. The third-order valence-electron chi connectivity index (χ3n) is 5.41. The Bertz CT molecular complexity index is 512. The summed E-state index contributed by atoms with van der Waals surface area (Å²) < 4.78 is 11.3. The van der Waals surface area contributed by atoms with Crippen LogP contribution < -0.4 is 15.2 Å². The summed E-state index contributed by atoms with van der Waals surface area (Å²) in [6, 6.07) is 6.25. The molecule has 2 saturated carbocycles. The lowest BCUT2D eigenvalue weighted by atomic mass is 9.51. The van der Waals surface area contributed by atoms with E-state index in [2.05, 4.69) is 12.1 Å². The van der Waals surface area contributed by atoms with Crippen molar-refractivity contribution in [3.05, 3.63) is 23.8 Å². The van der Waals surface area contributed by atoms with Gasteiger partial charge >= 0.3 is 0 Å². The molecule has 0 radical (unpaired) electrons. The summed E-state index contributed by atoms with van der Waals surface area (Å²) in [7, 11) is 0. The molecule has 1 heterocycles. The van der Waals surface area contributed by atoms with Crippen molar-refractivity contribution in [3.63, 3.8) is 0 Å². The van der Waals surface area contributed by atoms with Crippen molar-refractivity contribution in [1.29, 1.82) is 0 Å². The second-order valence-electron chi connectivity index (χ2n) is 6.93. The number of ether oxygens (including phenoxy) is 2. The molecule has 2 N–H and O–H groups in total. The van der Waals surface area contributed by atoms with E-state index >= 15 is 0 Å². The molecule has 3 heteroatoms. The summed E-state index contributed by atoms with van der Waals surface area (Å²) in [6.07, 6.45) is 9.20. The van der Waals surface area contributed by atoms with Gasteiger partial charge in [0.2, 0.25) is 0 Å². The number of rotatable bonds is 1. The van der Waals surface area contributed by atoms with E-state index < -0.39 is 0 Å². The highest BCUT2D eigenvalue weighted by atomic mass is 16.6. The molecular formula is C17H23NO2. The average molecular weight is 273 g/mol. The lowest BCUT2D eigenvalue weighted by Crippen LogP contribution is -2.56. The molecule has 3 nitrogen and oxygen atoms in total. The van der Waals surface area contributed by atoms with Crippen LogP contribution in [0.4, 0.5) is 0 Å². The van der Waals surface area contributed by atoms with Crippen molar-refractivity contribution < 1.29 is 9.47 Å². The van der Waals surface area contributed by atoms with Gasteiger partial charge in [0.25, 0.3) is 0 Å². The smallest absolute Gasteiger partial charge is 0.161 e. The van der Waals surface area contributed by atoms with E-state index in [0.29, 0.717) is 18.6 Å². The SMILES string of the molecule is NC1(c2ccc3c(c2)OCCO3)CC2(CCCCC2)C1. The molecule has 3 aliphatic rings. The van der Waals surface area contributed by atoms with Crippen molar-refractivity contribution >= 4 is 0 Å². The molecule has 0 saturated heterocycles. The second-order valence-corrected chi connectivity index (χ2v) is 6.93. The Balaban J connectivity index is 1.56. The summed E-state index contributed by atoms with van der Waals surface area (Å²) >= 11 is 0. The highest BCUT2D eigenvalue weighted by Gasteiger charge is 2.53. The van der Waals surface area contributed by atoms with Gasteiger partial charge in [0.15, 0.2) is 11.5 Å². The van der Waals surface area contributed by atoms with Gasteiger partial charge in [0.1, 0.15) is 13.2 Å². The third kappa shape index (κ3) is 1.91. The third-order valence-corrected chi connectivity index (χ3v) is 5.41. The van der Waals surface area contributed by atoms with Crippen molar-refractivity contribution in [2.24, 2.45) is 11.1 Å². The van der Waals surface area contributed by atoms with Crippen LogP contribution in [-0.4, -0.2) is 13.2 Å². The number of nitrogens with two attached hydrogens (primary N) is 1. The molecule has 1 spiro atoms. The van der Waals surface area contributed by atoms with Crippen molar-refractivity contribution in [3.8, 4) is 11.5 Å². The first-order valence-electron chi connectivity index (χ1n) is 7.88. The van der Waals surface area contributed by atoms with Crippen LogP contribution in [0.25, 0.3) is 0 Å². The molecule has 0 amide bonds. The minimum atomic E-state index is -0.146. The molecule has 2 aliphatic carbocycles. The van der Waals surface area contributed by atoms with E-state index in [4.69, 9.17) is 15.2 Å². The lowest BCUT2D eigenvalue weighted by molar-refractivity contribution is -0.0101. The minimum Gasteiger partial charge on any atom is -0.486 e. The zero-order valence-electron chi connectivity index (χ0n) is 12.0. The monoisotopic (exact) mass is 273 g/mol. The van der Waals surface area contributed by atoms with Crippen LogP contribution in [0, 0.1) is 5.41 Å². The van der Waals surface area contributed by atoms with Crippen LogP contribution in [0.3, 0.4) is 0 Å². The Hall–Kier alpha value is -1.22. The van der Waals surface area contributed by atoms with E-state index in [-0.39, 0.29) is 5.54 Å². The average Bonchev–Trinajstić information content (AvgIpc) is 2.46. The Kier molecular flexibility index (Phi) is 2.75. The van der Waals surface area contributed by atoms with Crippen LogP contribution >= 0.6 is 0 Å². The zero-order chi connectivity index (χ0) is 13.6. The molecule has 1 aromatic rings. The fourth-order valence-electron chi connectivity index (χ4n) is 4.50. The van der Waals surface area contributed by atoms with Gasteiger partial charge in [-0.2, -0.15) is 0 Å². The molecule has 2 fully saturated rings. The quantitative estimate of drug-likeness (QED) is 0.853. The number of hydrogen-bond donors (Lipinski definition) is 1. The number of benzene rings is 1. The maximum absolute atomic E-state index is 6.67. The van der Waals surface area contributed by atoms with E-state index in [1.165, 1.54) is 37.7 Å². The van der Waals surface area contributed by atoms with Gasteiger partial charge in [-0.25, -0.2) is 0 Å². The van der Waals surface area contributed by atoms with Gasteiger partial charge < -0.3 is 15.2 Å². The predicted octanol–water partition coefficient (Wildman–Crippen LogP) is 3.36. The first-order chi connectivity index (χ1) is 9.69. The summed E-state index contributed by atoms with van der Waals surface area (Å²) in [5.74, 6) is 1.72. The van der Waals surface area contributed by atoms with Gasteiger partial charge in [0, 0.05) is 5.54 Å². The standard InChI is InChI=1S/C17H23NO2/c18-17(11-16(12-17)6-2-1-3-7-16)13-4-5-14-15(10-13)20-9-8-19-14/h4-5,10H,1-3,6-9,11-12,18H2. The Morgan fingerprint density at radius 3 is 2.35 bits per heavy atom. The van der Waals surface area contributed by atoms with Gasteiger partial charge in [-0.1, -0.05) is 25.3 Å². The molecule has 108 valence electrons. The molecule has 1 aliphatic heterocycles. The summed E-state index contributed by atoms with van der Waals surface area (Å²) in [5, 5.41) is 0. The fourth-order valence-corrected chi connectivity index (χ4v) is 4.50. The summed E-state index contributed by atoms with van der Waals surface area (Å²) in [5.41, 5.74) is 8.28. The van der Waals surface area contributed by atoms with Crippen LogP contribution in [0.15, 0.2) is 18.2 Å². The van der Waals surface area contributed by atoms with Crippen molar-refractivity contribution in [1.82, 2.24) is 0 Å². The van der Waals surface area contributed by atoms with Gasteiger partial charge in [-0.05, 0) is 48.8 Å². The minimum absolute atomic E-state index is 0.146. The molecule has 0 bridgehead atoms. The molecule has 0 aromatic heterocycles. The van der Waals surface area contributed by atoms with Crippen LogP contribution in [-0.2, 0) is 5.54 Å². The first kappa shape index (κ1) is 12.5.